The van der Waals surface area contributed by atoms with Crippen LogP contribution in [0.5, 0.6) is 28.7 Å². The van der Waals surface area contributed by atoms with E-state index in [1.54, 1.807) is 11.8 Å². The number of pyridine rings is 5. The third-order valence-electron chi connectivity index (χ3n) is 22.0. The number of hydrogen-bond acceptors (Lipinski definition) is 31. The first-order chi connectivity index (χ1) is 60.7. The number of rotatable bonds is 17. The van der Waals surface area contributed by atoms with E-state index in [2.05, 4.69) is 49.8 Å². The first kappa shape index (κ1) is 86.6. The molecular formula is C89H105N21O16. The van der Waals surface area contributed by atoms with Gasteiger partial charge in [0.1, 0.15) is 174 Å². The highest BCUT2D eigenvalue weighted by atomic mass is 16.6. The molecule has 13 N–H and O–H groups in total. The SMILES string of the molecule is CCOCc1nc2c(N)nc3cccc(OC4CCN(C(=O)OC(C)(C)C)CC4)c3c2n1C.CCOCc1nc2c(N)nc3cccc4c3c2n1CC(=O)CO4.CCOCc1nc2c(N)nc3cccc4c3c2n1C[C@@H](O)CO4.CCOCc1nc2c(N)nc3cccc4c3c2n1C[C@@](C)(O)CO4.CCOCc1nc2c(N)nc3cccc4c3c2n1C[C@H](O)CO4. The number of piperidine rings is 1. The Morgan fingerprint density at radius 2 is 0.817 bits per heavy atom. The minimum atomic E-state index is -1.04. The van der Waals surface area contributed by atoms with Crippen LogP contribution >= 0.6 is 0 Å². The van der Waals surface area contributed by atoms with Gasteiger partial charge in [-0.15, -0.1) is 0 Å². The summed E-state index contributed by atoms with van der Waals surface area (Å²) in [7, 11) is 1.96. The lowest BCUT2D eigenvalue weighted by Crippen LogP contribution is -2.44. The molecule has 37 nitrogen and oxygen atoms in total. The molecule has 0 unspecified atom stereocenters. The fraction of sp³-hybridized carbons (Fsp3) is 0.416. The number of imidazole rings is 5. The van der Waals surface area contributed by atoms with E-state index in [1.165, 1.54) is 0 Å². The predicted molar refractivity (Wildman–Crippen MR) is 476 cm³/mol. The summed E-state index contributed by atoms with van der Waals surface area (Å²) < 4.78 is 72.4. The number of carbonyl (C=O) groups is 2. The molecule has 15 aromatic rings. The summed E-state index contributed by atoms with van der Waals surface area (Å²) in [6.07, 6.45) is -0.108. The number of amides is 1. The molecule has 0 bridgehead atoms. The van der Waals surface area contributed by atoms with Crippen molar-refractivity contribution in [1.29, 1.82) is 0 Å². The lowest BCUT2D eigenvalue weighted by Gasteiger charge is -2.33. The highest BCUT2D eigenvalue weighted by Gasteiger charge is 2.34. The van der Waals surface area contributed by atoms with Gasteiger partial charge in [0.15, 0.2) is 34.9 Å². The van der Waals surface area contributed by atoms with Crippen LogP contribution in [0.3, 0.4) is 0 Å². The molecule has 1 amide bonds. The normalized spacial score (nSPS) is 16.8. The van der Waals surface area contributed by atoms with E-state index in [0.29, 0.717) is 184 Å². The summed E-state index contributed by atoms with van der Waals surface area (Å²) >= 11 is 0. The number of hydrogen-bond donors (Lipinski definition) is 8. The maximum atomic E-state index is 12.4. The number of ether oxygens (including phenoxy) is 11. The highest BCUT2D eigenvalue weighted by Crippen LogP contribution is 2.43. The number of aromatic nitrogens is 15. The number of aliphatic hydroxyl groups excluding tert-OH is 2. The van der Waals surface area contributed by atoms with Crippen LogP contribution in [0, 0.1) is 0 Å². The summed E-state index contributed by atoms with van der Waals surface area (Å²) in [5.74, 6) is 8.87. The Balaban J connectivity index is 0.000000117. The van der Waals surface area contributed by atoms with Crippen molar-refractivity contribution >= 4 is 151 Å². The number of Topliss-reactive ketones (excluding diaryl/α,β-unsaturated/α-hetero) is 1. The van der Waals surface area contributed by atoms with Gasteiger partial charge in [-0.2, -0.15) is 0 Å². The molecular weight excluding hydrogens is 1620 g/mol. The zero-order valence-corrected chi connectivity index (χ0v) is 72.1. The molecule has 10 aromatic heterocycles. The smallest absolute Gasteiger partial charge is 0.410 e. The number of aryl methyl sites for hydroxylation is 1. The Labute approximate surface area is 722 Å². The average Bonchev–Trinajstić information content (AvgIpc) is 1.57. The highest BCUT2D eigenvalue weighted by molar-refractivity contribution is 6.14. The van der Waals surface area contributed by atoms with Crippen LogP contribution in [-0.4, -0.2) is 207 Å². The van der Waals surface area contributed by atoms with E-state index in [1.807, 2.05) is 176 Å². The monoisotopic (exact) mass is 1720 g/mol. The molecule has 5 aliphatic rings. The van der Waals surface area contributed by atoms with Gasteiger partial charge in [0.05, 0.1) is 108 Å². The topological polar surface area (TPSA) is 483 Å². The minimum absolute atomic E-state index is 0.0157. The van der Waals surface area contributed by atoms with Crippen LogP contribution in [0.4, 0.5) is 33.9 Å². The number of benzene rings is 5. The third-order valence-corrected chi connectivity index (χ3v) is 22.0. The van der Waals surface area contributed by atoms with Gasteiger partial charge in [-0.1, -0.05) is 30.3 Å². The molecule has 0 aliphatic carbocycles. The minimum Gasteiger partial charge on any atom is -0.490 e. The predicted octanol–water partition coefficient (Wildman–Crippen LogP) is 10.4. The van der Waals surface area contributed by atoms with Gasteiger partial charge < -0.3 is 124 Å². The van der Waals surface area contributed by atoms with Gasteiger partial charge in [-0.05, 0) is 123 Å². The van der Waals surface area contributed by atoms with E-state index in [-0.39, 0.29) is 51.0 Å². The number of nitrogen functional groups attached to an aromatic ring is 5. The number of ketones is 1. The van der Waals surface area contributed by atoms with Crippen LogP contribution in [0.15, 0.2) is 91.0 Å². The molecule has 3 atom stereocenters. The Hall–Kier alpha value is -12.9. The molecule has 20 rings (SSSR count). The number of aliphatic hydroxyl groups is 3. The average molecular weight is 1720 g/mol. The van der Waals surface area contributed by atoms with Gasteiger partial charge in [0.25, 0.3) is 0 Å². The van der Waals surface area contributed by atoms with E-state index in [0.717, 1.165) is 124 Å². The van der Waals surface area contributed by atoms with E-state index in [9.17, 15) is 24.9 Å². The van der Waals surface area contributed by atoms with Crippen molar-refractivity contribution in [2.75, 3.05) is 101 Å². The Morgan fingerprint density at radius 3 is 1.24 bits per heavy atom. The molecule has 5 aromatic carbocycles. The lowest BCUT2D eigenvalue weighted by molar-refractivity contribution is -0.121. The van der Waals surface area contributed by atoms with Crippen molar-refractivity contribution in [3.63, 3.8) is 0 Å². The van der Waals surface area contributed by atoms with Crippen LogP contribution in [0.25, 0.3) is 110 Å². The van der Waals surface area contributed by atoms with Crippen molar-refractivity contribution < 1.29 is 77.0 Å². The quantitative estimate of drug-likeness (QED) is 0.0420. The standard InChI is InChI=1S/C24H33N5O4.C17H20N4O3.2C16H18N4O3.C16H16N4O3/c1-6-31-14-18-27-20-21(28(18)5)19-16(26-22(20)25)8-7-9-17(19)32-15-10-12-29(13-11-15)23(30)33-24(2,3)4;1-3-23-7-12-20-14-15-13-10(19-16(14)18)5-4-6-11(13)24-9-17(2,22)8-21(12)15;3*1-2-22-8-12-19-14-15-13-10(18-16(14)17)4-3-5-11(13)23-7-9(21)6-20(12)15/h7-9,15H,6,10-14H2,1-5H3,(H2,25,26);4-6,22H,3,7-9H2,1-2H3,(H2,18,19);2*3-5,9,21H,2,6-8H2,1H3,(H2,17,18);3-5H,2,6-8H2,1H3,(H2,17,18)/t;17-;2*9-;/m.110./s1. The summed E-state index contributed by atoms with van der Waals surface area (Å²) in [5.41, 5.74) is 40.2. The molecule has 1 saturated heterocycles. The van der Waals surface area contributed by atoms with E-state index in [4.69, 9.17) is 80.8 Å². The maximum absolute atomic E-state index is 12.4. The Morgan fingerprint density at radius 1 is 0.468 bits per heavy atom. The number of anilines is 5. The molecule has 0 spiro atoms. The van der Waals surface area contributed by atoms with Crippen molar-refractivity contribution in [3.8, 4) is 28.7 Å². The molecule has 1 fully saturated rings. The van der Waals surface area contributed by atoms with Crippen LogP contribution in [0.2, 0.25) is 0 Å². The second-order valence-electron chi connectivity index (χ2n) is 32.3. The van der Waals surface area contributed by atoms with E-state index < -0.39 is 23.4 Å². The first-order valence-electron chi connectivity index (χ1n) is 42.2. The van der Waals surface area contributed by atoms with Gasteiger partial charge in [0.2, 0.25) is 0 Å². The van der Waals surface area contributed by atoms with Gasteiger partial charge >= 0.3 is 6.09 Å². The molecule has 37 heteroatoms. The van der Waals surface area contributed by atoms with Crippen LogP contribution < -0.4 is 52.4 Å². The van der Waals surface area contributed by atoms with Crippen molar-refractivity contribution in [3.05, 3.63) is 120 Å². The molecule has 0 saturated carbocycles. The number of likely N-dealkylation sites (tertiary alicyclic amines) is 1. The Bertz CT molecular complexity index is 6480. The zero-order valence-electron chi connectivity index (χ0n) is 72.1. The molecule has 0 radical (unpaired) electrons. The number of nitrogens with two attached hydrogens (primary N) is 5. The Kier molecular flexibility index (Phi) is 25.0. The fourth-order valence-electron chi connectivity index (χ4n) is 16.3. The molecule has 15 heterocycles. The van der Waals surface area contributed by atoms with Gasteiger partial charge in [-0.3, -0.25) is 4.79 Å². The number of nitrogens with zero attached hydrogens (tertiary/aromatic N) is 16. The van der Waals surface area contributed by atoms with Crippen molar-refractivity contribution in [1.82, 2.24) is 77.6 Å². The lowest BCUT2D eigenvalue weighted by atomic mass is 10.1. The second-order valence-corrected chi connectivity index (χ2v) is 32.3. The fourth-order valence-corrected chi connectivity index (χ4v) is 16.3. The summed E-state index contributed by atoms with van der Waals surface area (Å²) in [5, 5.41) is 35.5. The van der Waals surface area contributed by atoms with Crippen molar-refractivity contribution in [2.45, 2.75) is 164 Å². The summed E-state index contributed by atoms with van der Waals surface area (Å²) in [6.45, 7) is 24.9. The van der Waals surface area contributed by atoms with Gasteiger partial charge in [0, 0.05) is 66.0 Å². The third kappa shape index (κ3) is 17.4. The van der Waals surface area contributed by atoms with Crippen LogP contribution in [-0.2, 0) is 99.5 Å². The largest absolute Gasteiger partial charge is 0.490 e. The second kappa shape index (κ2) is 36.4. The molecule has 126 heavy (non-hydrogen) atoms. The number of carbonyl (C=O) groups excluding carboxylic acids is 2. The van der Waals surface area contributed by atoms with Crippen LogP contribution in [0.1, 0.15) is 104 Å². The maximum Gasteiger partial charge on any atom is 0.410 e. The summed E-state index contributed by atoms with van der Waals surface area (Å²) in [4.78, 5) is 71.7. The van der Waals surface area contributed by atoms with Crippen molar-refractivity contribution in [2.24, 2.45) is 7.05 Å². The molecule has 662 valence electrons. The van der Waals surface area contributed by atoms with Gasteiger partial charge in [-0.25, -0.2) is 54.6 Å². The van der Waals surface area contributed by atoms with E-state index >= 15 is 0 Å². The summed E-state index contributed by atoms with van der Waals surface area (Å²) in [6, 6.07) is 28.3. The molecule has 5 aliphatic heterocycles. The number of fused-ring (bicyclic) bond motifs is 3. The first-order valence-corrected chi connectivity index (χ1v) is 42.2. The zero-order chi connectivity index (χ0) is 88.6.